The van der Waals surface area contributed by atoms with Gasteiger partial charge in [-0.15, -0.1) is 11.6 Å². The van der Waals surface area contributed by atoms with Gasteiger partial charge in [0.2, 0.25) is 0 Å². The maximum atomic E-state index is 11.9. The van der Waals surface area contributed by atoms with Crippen molar-refractivity contribution in [3.63, 3.8) is 0 Å². The average molecular weight is 219 g/mol. The Morgan fingerprint density at radius 1 is 1.43 bits per heavy atom. The number of alkyl halides is 2. The number of hydrogen-bond acceptors (Lipinski definition) is 2. The standard InChI is InChI=1S/C10H12ClFO2/c1-13-9-3-2-8(7-11)10(6-9)14-5-4-12/h2-3,6H,4-5,7H2,1H3. The van der Waals surface area contributed by atoms with Crippen molar-refractivity contribution in [1.29, 1.82) is 0 Å². The molecule has 1 aromatic rings. The van der Waals surface area contributed by atoms with E-state index < -0.39 is 6.67 Å². The third-order valence-corrected chi connectivity index (χ3v) is 2.04. The predicted octanol–water partition coefficient (Wildman–Crippen LogP) is 2.78. The van der Waals surface area contributed by atoms with Gasteiger partial charge in [-0.05, 0) is 6.07 Å². The Hall–Kier alpha value is -0.960. The van der Waals surface area contributed by atoms with Gasteiger partial charge in [0.1, 0.15) is 24.8 Å². The van der Waals surface area contributed by atoms with Gasteiger partial charge in [0, 0.05) is 11.6 Å². The molecule has 0 saturated heterocycles. The molecule has 0 N–H and O–H groups in total. The monoisotopic (exact) mass is 218 g/mol. The lowest BCUT2D eigenvalue weighted by Gasteiger charge is -2.09. The van der Waals surface area contributed by atoms with Crippen LogP contribution in [0.15, 0.2) is 18.2 Å². The number of rotatable bonds is 5. The van der Waals surface area contributed by atoms with Crippen molar-refractivity contribution in [3.05, 3.63) is 23.8 Å². The zero-order chi connectivity index (χ0) is 10.4. The van der Waals surface area contributed by atoms with Gasteiger partial charge >= 0.3 is 0 Å². The van der Waals surface area contributed by atoms with Gasteiger partial charge in [-0.1, -0.05) is 6.07 Å². The van der Waals surface area contributed by atoms with Crippen LogP contribution >= 0.6 is 11.6 Å². The minimum Gasteiger partial charge on any atom is -0.497 e. The summed E-state index contributed by atoms with van der Waals surface area (Å²) in [4.78, 5) is 0. The maximum absolute atomic E-state index is 11.9. The molecule has 78 valence electrons. The molecule has 14 heavy (non-hydrogen) atoms. The van der Waals surface area contributed by atoms with Gasteiger partial charge < -0.3 is 9.47 Å². The summed E-state index contributed by atoms with van der Waals surface area (Å²) in [6.45, 7) is -0.476. The molecule has 0 heterocycles. The highest BCUT2D eigenvalue weighted by Gasteiger charge is 2.04. The Labute approximate surface area is 87.6 Å². The van der Waals surface area contributed by atoms with Crippen molar-refractivity contribution in [2.75, 3.05) is 20.4 Å². The van der Waals surface area contributed by atoms with E-state index in [4.69, 9.17) is 21.1 Å². The van der Waals surface area contributed by atoms with Crippen LogP contribution in [0.25, 0.3) is 0 Å². The van der Waals surface area contributed by atoms with E-state index in [2.05, 4.69) is 0 Å². The number of halogens is 2. The molecule has 0 aliphatic rings. The van der Waals surface area contributed by atoms with Crippen molar-refractivity contribution in [1.82, 2.24) is 0 Å². The zero-order valence-corrected chi connectivity index (χ0v) is 8.68. The van der Waals surface area contributed by atoms with Crippen molar-refractivity contribution < 1.29 is 13.9 Å². The number of methoxy groups -OCH3 is 1. The van der Waals surface area contributed by atoms with Gasteiger partial charge in [0.05, 0.1) is 13.0 Å². The molecule has 0 saturated carbocycles. The second-order valence-corrected chi connectivity index (χ2v) is 2.91. The fraction of sp³-hybridized carbons (Fsp3) is 0.400. The van der Waals surface area contributed by atoms with Gasteiger partial charge in [-0.25, -0.2) is 4.39 Å². The summed E-state index contributed by atoms with van der Waals surface area (Å²) in [5.41, 5.74) is 0.834. The second-order valence-electron chi connectivity index (χ2n) is 2.64. The number of hydrogen-bond donors (Lipinski definition) is 0. The van der Waals surface area contributed by atoms with E-state index in [0.29, 0.717) is 17.4 Å². The summed E-state index contributed by atoms with van der Waals surface area (Å²) < 4.78 is 22.1. The summed E-state index contributed by atoms with van der Waals surface area (Å²) >= 11 is 5.69. The molecular formula is C10H12ClFO2. The molecule has 0 bridgehead atoms. The topological polar surface area (TPSA) is 18.5 Å². The van der Waals surface area contributed by atoms with Crippen LogP contribution in [-0.2, 0) is 5.88 Å². The first-order valence-corrected chi connectivity index (χ1v) is 4.77. The molecular weight excluding hydrogens is 207 g/mol. The Balaban J connectivity index is 2.84. The molecule has 1 rings (SSSR count). The first-order chi connectivity index (χ1) is 6.81. The molecule has 0 amide bonds. The van der Waals surface area contributed by atoms with Crippen LogP contribution in [0.2, 0.25) is 0 Å². The highest BCUT2D eigenvalue weighted by atomic mass is 35.5. The number of ether oxygens (including phenoxy) is 2. The lowest BCUT2D eigenvalue weighted by atomic mass is 10.2. The molecule has 4 heteroatoms. The lowest BCUT2D eigenvalue weighted by Crippen LogP contribution is -2.01. The molecule has 0 spiro atoms. The second kappa shape index (κ2) is 5.70. The van der Waals surface area contributed by atoms with E-state index in [1.165, 1.54) is 0 Å². The average Bonchev–Trinajstić information content (AvgIpc) is 2.25. The number of benzene rings is 1. The van der Waals surface area contributed by atoms with Gasteiger partial charge in [-0.3, -0.25) is 0 Å². The van der Waals surface area contributed by atoms with Gasteiger partial charge in [-0.2, -0.15) is 0 Å². The highest BCUT2D eigenvalue weighted by molar-refractivity contribution is 6.17. The summed E-state index contributed by atoms with van der Waals surface area (Å²) in [5.74, 6) is 1.59. The molecule has 0 atom stereocenters. The van der Waals surface area contributed by atoms with Crippen LogP contribution in [0.1, 0.15) is 5.56 Å². The summed E-state index contributed by atoms with van der Waals surface area (Å²) in [6.07, 6.45) is 0. The van der Waals surface area contributed by atoms with E-state index in [-0.39, 0.29) is 6.61 Å². The molecule has 0 aliphatic heterocycles. The maximum Gasteiger partial charge on any atom is 0.127 e. The van der Waals surface area contributed by atoms with E-state index in [1.807, 2.05) is 0 Å². The third-order valence-electron chi connectivity index (χ3n) is 1.75. The SMILES string of the molecule is COc1ccc(CCl)c(OCCF)c1. The highest BCUT2D eigenvalue weighted by Crippen LogP contribution is 2.25. The summed E-state index contributed by atoms with van der Waals surface area (Å²) in [6, 6.07) is 5.30. The minimum absolute atomic E-state index is 0.0387. The molecule has 0 aliphatic carbocycles. The zero-order valence-electron chi connectivity index (χ0n) is 7.93. The molecule has 0 radical (unpaired) electrons. The minimum atomic E-state index is -0.515. The van der Waals surface area contributed by atoms with E-state index in [9.17, 15) is 4.39 Å². The Bertz CT molecular complexity index is 291. The Morgan fingerprint density at radius 3 is 2.79 bits per heavy atom. The summed E-state index contributed by atoms with van der Waals surface area (Å²) in [7, 11) is 1.56. The quantitative estimate of drug-likeness (QED) is 0.708. The van der Waals surface area contributed by atoms with Gasteiger partial charge in [0.25, 0.3) is 0 Å². The molecule has 0 unspecified atom stereocenters. The predicted molar refractivity (Wildman–Crippen MR) is 54.0 cm³/mol. The molecule has 1 aromatic carbocycles. The summed E-state index contributed by atoms with van der Waals surface area (Å²) in [5, 5.41) is 0. The van der Waals surface area contributed by atoms with Crippen LogP contribution in [-0.4, -0.2) is 20.4 Å². The first-order valence-electron chi connectivity index (χ1n) is 4.23. The van der Waals surface area contributed by atoms with Gasteiger partial charge in [0.15, 0.2) is 0 Å². The van der Waals surface area contributed by atoms with Crippen LogP contribution < -0.4 is 9.47 Å². The third kappa shape index (κ3) is 2.77. The van der Waals surface area contributed by atoms with Crippen LogP contribution in [0.3, 0.4) is 0 Å². The Kier molecular flexibility index (Phi) is 4.53. The van der Waals surface area contributed by atoms with Crippen LogP contribution in [0, 0.1) is 0 Å². The van der Waals surface area contributed by atoms with Crippen molar-refractivity contribution >= 4 is 11.6 Å². The normalized spacial score (nSPS) is 9.93. The van der Waals surface area contributed by atoms with Crippen LogP contribution in [0.4, 0.5) is 4.39 Å². The lowest BCUT2D eigenvalue weighted by molar-refractivity contribution is 0.270. The van der Waals surface area contributed by atoms with Crippen LogP contribution in [0.5, 0.6) is 11.5 Å². The largest absolute Gasteiger partial charge is 0.497 e. The van der Waals surface area contributed by atoms with Crippen molar-refractivity contribution in [2.24, 2.45) is 0 Å². The van der Waals surface area contributed by atoms with E-state index >= 15 is 0 Å². The van der Waals surface area contributed by atoms with E-state index in [1.54, 1.807) is 25.3 Å². The Morgan fingerprint density at radius 2 is 2.21 bits per heavy atom. The van der Waals surface area contributed by atoms with E-state index in [0.717, 1.165) is 5.56 Å². The first kappa shape index (κ1) is 11.1. The van der Waals surface area contributed by atoms with Crippen molar-refractivity contribution in [2.45, 2.75) is 5.88 Å². The van der Waals surface area contributed by atoms with Crippen molar-refractivity contribution in [3.8, 4) is 11.5 Å². The fourth-order valence-corrected chi connectivity index (χ4v) is 1.28. The smallest absolute Gasteiger partial charge is 0.127 e. The molecule has 0 fully saturated rings. The molecule has 0 aromatic heterocycles. The fourth-order valence-electron chi connectivity index (χ4n) is 1.06. The molecule has 2 nitrogen and oxygen atoms in total.